The van der Waals surface area contributed by atoms with E-state index >= 15 is 0 Å². The van der Waals surface area contributed by atoms with Gasteiger partial charge in [-0.05, 0) is 30.7 Å². The molecule has 8 heteroatoms. The second-order valence-electron chi connectivity index (χ2n) is 5.04. The lowest BCUT2D eigenvalue weighted by molar-refractivity contribution is -0.380. The molecule has 0 aliphatic carbocycles. The van der Waals surface area contributed by atoms with Crippen molar-refractivity contribution in [2.75, 3.05) is 11.4 Å². The first-order chi connectivity index (χ1) is 11.0. The van der Waals surface area contributed by atoms with Gasteiger partial charge in [-0.2, -0.15) is 0 Å². The van der Waals surface area contributed by atoms with Crippen molar-refractivity contribution >= 4 is 45.3 Å². The van der Waals surface area contributed by atoms with Crippen molar-refractivity contribution in [1.82, 2.24) is 0 Å². The van der Waals surface area contributed by atoms with E-state index in [1.54, 1.807) is 18.2 Å². The quantitative estimate of drug-likeness (QED) is 0.607. The van der Waals surface area contributed by atoms with Crippen LogP contribution in [0.25, 0.3) is 0 Å². The van der Waals surface area contributed by atoms with Crippen LogP contribution in [0.5, 0.6) is 0 Å². The van der Waals surface area contributed by atoms with Crippen molar-refractivity contribution < 1.29 is 14.5 Å². The van der Waals surface area contributed by atoms with E-state index in [2.05, 4.69) is 0 Å². The Morgan fingerprint density at radius 2 is 2.09 bits per heavy atom. The van der Waals surface area contributed by atoms with Gasteiger partial charge in [0.1, 0.15) is 0 Å². The molecule has 1 aromatic heterocycles. The molecule has 0 saturated heterocycles. The Bertz CT molecular complexity index is 818. The van der Waals surface area contributed by atoms with Crippen LogP contribution in [0.15, 0.2) is 30.3 Å². The largest absolute Gasteiger partial charge is 0.324 e. The number of rotatable bonds is 2. The van der Waals surface area contributed by atoms with Crippen LogP contribution in [0.1, 0.15) is 32.9 Å². The third-order valence-corrected chi connectivity index (χ3v) is 4.82. The first kappa shape index (κ1) is 15.6. The zero-order valence-corrected chi connectivity index (χ0v) is 13.4. The number of thiophene rings is 1. The molecular weight excluding hydrogens is 340 g/mol. The maximum absolute atomic E-state index is 12.7. The zero-order valence-electron chi connectivity index (χ0n) is 11.8. The van der Waals surface area contributed by atoms with Crippen LogP contribution >= 0.6 is 22.9 Å². The van der Waals surface area contributed by atoms with Crippen LogP contribution in [0, 0.1) is 10.1 Å². The van der Waals surface area contributed by atoms with Crippen LogP contribution in [0.4, 0.5) is 10.7 Å². The summed E-state index contributed by atoms with van der Waals surface area (Å²) in [5, 5.41) is 11.1. The van der Waals surface area contributed by atoms with Gasteiger partial charge < -0.3 is 4.90 Å². The summed E-state index contributed by atoms with van der Waals surface area (Å²) in [5.74, 6) is -0.406. The van der Waals surface area contributed by atoms with Crippen molar-refractivity contribution in [3.05, 3.63) is 55.9 Å². The summed E-state index contributed by atoms with van der Waals surface area (Å²) in [4.78, 5) is 36.9. The maximum Gasteiger partial charge on any atom is 0.324 e. The molecule has 0 atom stereocenters. The SMILES string of the molecule is O=C1CCCN(C(=O)c2ccc([N+](=O)[O-])s2)c2ccc(Cl)cc21. The molecule has 1 aliphatic heterocycles. The molecule has 1 amide bonds. The fourth-order valence-corrected chi connectivity index (χ4v) is 3.45. The molecular formula is C15H11ClN2O4S. The number of hydrogen-bond donors (Lipinski definition) is 0. The molecule has 0 saturated carbocycles. The normalized spacial score (nSPS) is 14.3. The Morgan fingerprint density at radius 3 is 2.78 bits per heavy atom. The summed E-state index contributed by atoms with van der Waals surface area (Å²) >= 11 is 6.78. The minimum absolute atomic E-state index is 0.0602. The molecule has 3 rings (SSSR count). The first-order valence-corrected chi connectivity index (χ1v) is 8.05. The predicted molar refractivity (Wildman–Crippen MR) is 87.7 cm³/mol. The van der Waals surface area contributed by atoms with Gasteiger partial charge in [0.25, 0.3) is 5.91 Å². The van der Waals surface area contributed by atoms with Crippen molar-refractivity contribution in [2.24, 2.45) is 0 Å². The van der Waals surface area contributed by atoms with E-state index in [0.29, 0.717) is 35.7 Å². The lowest BCUT2D eigenvalue weighted by Crippen LogP contribution is -2.31. The fraction of sp³-hybridized carbons (Fsp3) is 0.200. The summed E-state index contributed by atoms with van der Waals surface area (Å²) in [6.45, 7) is 0.380. The zero-order chi connectivity index (χ0) is 16.6. The molecule has 23 heavy (non-hydrogen) atoms. The van der Waals surface area contributed by atoms with E-state index in [0.717, 1.165) is 11.3 Å². The second-order valence-corrected chi connectivity index (χ2v) is 6.54. The van der Waals surface area contributed by atoms with E-state index in [4.69, 9.17) is 11.6 Å². The molecule has 1 aliphatic rings. The number of nitrogens with zero attached hydrogens (tertiary/aromatic N) is 2. The highest BCUT2D eigenvalue weighted by atomic mass is 35.5. The van der Waals surface area contributed by atoms with Crippen LogP contribution < -0.4 is 4.90 Å². The van der Waals surface area contributed by atoms with Gasteiger partial charge >= 0.3 is 5.00 Å². The highest BCUT2D eigenvalue weighted by Gasteiger charge is 2.28. The number of carbonyl (C=O) groups is 2. The third-order valence-electron chi connectivity index (χ3n) is 3.56. The monoisotopic (exact) mass is 350 g/mol. The standard InChI is InChI=1S/C15H11ClN2O4S/c16-9-3-4-11-10(8-9)12(19)2-1-7-17(11)15(20)13-5-6-14(23-13)18(21)22/h3-6,8H,1-2,7H2. The molecule has 118 valence electrons. The van der Waals surface area contributed by atoms with Gasteiger partial charge in [0.05, 0.1) is 15.5 Å². The van der Waals surface area contributed by atoms with Crippen molar-refractivity contribution in [2.45, 2.75) is 12.8 Å². The summed E-state index contributed by atoms with van der Waals surface area (Å²) in [5.41, 5.74) is 0.910. The molecule has 0 bridgehead atoms. The van der Waals surface area contributed by atoms with Crippen LogP contribution in [-0.4, -0.2) is 23.2 Å². The molecule has 0 unspecified atom stereocenters. The Hall–Kier alpha value is -2.25. The van der Waals surface area contributed by atoms with E-state index in [9.17, 15) is 19.7 Å². The van der Waals surface area contributed by atoms with Crippen molar-refractivity contribution in [3.63, 3.8) is 0 Å². The van der Waals surface area contributed by atoms with Gasteiger partial charge in [-0.1, -0.05) is 22.9 Å². The Morgan fingerprint density at radius 1 is 1.30 bits per heavy atom. The van der Waals surface area contributed by atoms with Crippen molar-refractivity contribution in [3.8, 4) is 0 Å². The number of nitro groups is 1. The van der Waals surface area contributed by atoms with Gasteiger partial charge in [0, 0.05) is 29.6 Å². The Kier molecular flexibility index (Phi) is 4.14. The molecule has 0 fully saturated rings. The van der Waals surface area contributed by atoms with E-state index < -0.39 is 4.92 Å². The van der Waals surface area contributed by atoms with Gasteiger partial charge in [0.15, 0.2) is 5.78 Å². The van der Waals surface area contributed by atoms with Gasteiger partial charge in [-0.15, -0.1) is 0 Å². The van der Waals surface area contributed by atoms with Crippen molar-refractivity contribution in [1.29, 1.82) is 0 Å². The number of ketones is 1. The minimum atomic E-state index is -0.527. The molecule has 2 heterocycles. The number of hydrogen-bond acceptors (Lipinski definition) is 5. The van der Waals surface area contributed by atoms with Gasteiger partial charge in [-0.3, -0.25) is 19.7 Å². The summed E-state index contributed by atoms with van der Waals surface area (Å²) in [6, 6.07) is 7.57. The summed E-state index contributed by atoms with van der Waals surface area (Å²) in [7, 11) is 0. The lowest BCUT2D eigenvalue weighted by Gasteiger charge is -2.21. The van der Waals surface area contributed by atoms with Gasteiger partial charge in [0.2, 0.25) is 0 Å². The molecule has 1 aromatic carbocycles. The molecule has 0 spiro atoms. The fourth-order valence-electron chi connectivity index (χ4n) is 2.50. The van der Waals surface area contributed by atoms with Crippen LogP contribution in [0.2, 0.25) is 5.02 Å². The molecule has 0 radical (unpaired) electrons. The first-order valence-electron chi connectivity index (χ1n) is 6.86. The third kappa shape index (κ3) is 2.97. The van der Waals surface area contributed by atoms with Gasteiger partial charge in [-0.25, -0.2) is 0 Å². The van der Waals surface area contributed by atoms with E-state index in [1.165, 1.54) is 17.0 Å². The average molecular weight is 351 g/mol. The predicted octanol–water partition coefficient (Wildman–Crippen LogP) is 3.93. The topological polar surface area (TPSA) is 80.5 Å². The van der Waals surface area contributed by atoms with E-state index in [1.807, 2.05) is 0 Å². The summed E-state index contributed by atoms with van der Waals surface area (Å²) in [6.07, 6.45) is 0.867. The number of anilines is 1. The number of halogens is 1. The smallest absolute Gasteiger partial charge is 0.307 e. The molecule has 0 N–H and O–H groups in total. The highest BCUT2D eigenvalue weighted by Crippen LogP contribution is 2.32. The average Bonchev–Trinajstić information content (AvgIpc) is 2.95. The Labute approximate surface area is 140 Å². The highest BCUT2D eigenvalue weighted by molar-refractivity contribution is 7.17. The number of benzene rings is 1. The number of fused-ring (bicyclic) bond motifs is 1. The number of carbonyl (C=O) groups excluding carboxylic acids is 2. The van der Waals surface area contributed by atoms with E-state index in [-0.39, 0.29) is 21.6 Å². The summed E-state index contributed by atoms with van der Waals surface area (Å²) < 4.78 is 0. The van der Waals surface area contributed by atoms with Crippen LogP contribution in [0.3, 0.4) is 0 Å². The number of amides is 1. The maximum atomic E-state index is 12.7. The minimum Gasteiger partial charge on any atom is -0.307 e. The van der Waals surface area contributed by atoms with Crippen LogP contribution in [-0.2, 0) is 0 Å². The number of Topliss-reactive ketones (excluding diaryl/α,β-unsaturated/α-hetero) is 1. The molecule has 2 aromatic rings. The Balaban J connectivity index is 2.01. The lowest BCUT2D eigenvalue weighted by atomic mass is 10.1. The second kappa shape index (κ2) is 6.10. The molecule has 6 nitrogen and oxygen atoms in total.